The van der Waals surface area contributed by atoms with Gasteiger partial charge in [0.2, 0.25) is 0 Å². The SMILES string of the molecule is CC(C)(C)N(CC(=O)c1ccc([N+](=O)[O-])cc1)Cc1ccccc1. The number of non-ortho nitro benzene ring substituents is 1. The van der Waals surface area contributed by atoms with Crippen LogP contribution in [-0.2, 0) is 6.54 Å². The molecule has 0 fully saturated rings. The highest BCUT2D eigenvalue weighted by molar-refractivity contribution is 5.97. The quantitative estimate of drug-likeness (QED) is 0.456. The lowest BCUT2D eigenvalue weighted by Crippen LogP contribution is -2.43. The highest BCUT2D eigenvalue weighted by Crippen LogP contribution is 2.19. The average Bonchev–Trinajstić information content (AvgIpc) is 2.54. The third-order valence-electron chi connectivity index (χ3n) is 3.90. The highest BCUT2D eigenvalue weighted by Gasteiger charge is 2.24. The molecule has 0 saturated heterocycles. The predicted octanol–water partition coefficient (Wildman–Crippen LogP) is 4.08. The van der Waals surface area contributed by atoms with Gasteiger partial charge in [-0.25, -0.2) is 0 Å². The van der Waals surface area contributed by atoms with Crippen molar-refractivity contribution in [3.05, 3.63) is 75.8 Å². The van der Waals surface area contributed by atoms with E-state index in [0.29, 0.717) is 12.1 Å². The first kappa shape index (κ1) is 17.8. The summed E-state index contributed by atoms with van der Waals surface area (Å²) in [6.45, 7) is 7.14. The van der Waals surface area contributed by atoms with Crippen molar-refractivity contribution in [3.63, 3.8) is 0 Å². The Morgan fingerprint density at radius 2 is 1.62 bits per heavy atom. The van der Waals surface area contributed by atoms with Gasteiger partial charge in [-0.2, -0.15) is 0 Å². The Balaban J connectivity index is 2.14. The lowest BCUT2D eigenvalue weighted by molar-refractivity contribution is -0.384. The number of hydrogen-bond donors (Lipinski definition) is 0. The zero-order valence-corrected chi connectivity index (χ0v) is 14.2. The number of carbonyl (C=O) groups excluding carboxylic acids is 1. The van der Waals surface area contributed by atoms with Gasteiger partial charge >= 0.3 is 0 Å². The van der Waals surface area contributed by atoms with Crippen molar-refractivity contribution < 1.29 is 9.72 Å². The first-order valence-corrected chi connectivity index (χ1v) is 7.84. The van der Waals surface area contributed by atoms with Crippen molar-refractivity contribution in [3.8, 4) is 0 Å². The van der Waals surface area contributed by atoms with Crippen LogP contribution in [-0.4, -0.2) is 27.7 Å². The third-order valence-corrected chi connectivity index (χ3v) is 3.90. The molecule has 2 aromatic carbocycles. The topological polar surface area (TPSA) is 63.5 Å². The Labute approximate surface area is 142 Å². The molecule has 5 heteroatoms. The molecule has 2 rings (SSSR count). The van der Waals surface area contributed by atoms with E-state index in [0.717, 1.165) is 5.56 Å². The second-order valence-corrected chi connectivity index (χ2v) is 6.74. The molecule has 0 spiro atoms. The van der Waals surface area contributed by atoms with Crippen molar-refractivity contribution in [2.45, 2.75) is 32.9 Å². The summed E-state index contributed by atoms with van der Waals surface area (Å²) in [5, 5.41) is 10.7. The van der Waals surface area contributed by atoms with Crippen molar-refractivity contribution >= 4 is 11.5 Å². The van der Waals surface area contributed by atoms with Gasteiger partial charge in [0, 0.05) is 29.8 Å². The van der Waals surface area contributed by atoms with Gasteiger partial charge in [0.15, 0.2) is 5.78 Å². The van der Waals surface area contributed by atoms with Crippen molar-refractivity contribution in [2.75, 3.05) is 6.54 Å². The molecule has 0 bridgehead atoms. The van der Waals surface area contributed by atoms with Crippen molar-refractivity contribution in [1.82, 2.24) is 4.90 Å². The van der Waals surface area contributed by atoms with Gasteiger partial charge in [-0.1, -0.05) is 30.3 Å². The molecule has 0 atom stereocenters. The molecule has 0 heterocycles. The Morgan fingerprint density at radius 3 is 2.12 bits per heavy atom. The summed E-state index contributed by atoms with van der Waals surface area (Å²) in [5.74, 6) is -0.0456. The van der Waals surface area contributed by atoms with Gasteiger partial charge in [0.05, 0.1) is 11.5 Å². The second kappa shape index (κ2) is 7.36. The number of nitrogens with zero attached hydrogens (tertiary/aromatic N) is 2. The minimum absolute atomic E-state index is 0.0106. The highest BCUT2D eigenvalue weighted by atomic mass is 16.6. The maximum Gasteiger partial charge on any atom is 0.269 e. The fourth-order valence-electron chi connectivity index (χ4n) is 2.37. The first-order chi connectivity index (χ1) is 11.3. The monoisotopic (exact) mass is 326 g/mol. The predicted molar refractivity (Wildman–Crippen MR) is 94.0 cm³/mol. The maximum absolute atomic E-state index is 12.6. The number of Topliss-reactive ketones (excluding diaryl/α,β-unsaturated/α-hetero) is 1. The van der Waals surface area contributed by atoms with Gasteiger partial charge < -0.3 is 0 Å². The normalized spacial score (nSPS) is 11.5. The van der Waals surface area contributed by atoms with E-state index in [-0.39, 0.29) is 23.6 Å². The average molecular weight is 326 g/mol. The molecule has 24 heavy (non-hydrogen) atoms. The van der Waals surface area contributed by atoms with Crippen LogP contribution in [0.25, 0.3) is 0 Å². The van der Waals surface area contributed by atoms with E-state index in [1.807, 2.05) is 30.3 Å². The number of ketones is 1. The minimum Gasteiger partial charge on any atom is -0.293 e. The zero-order chi connectivity index (χ0) is 17.7. The van der Waals surface area contributed by atoms with Crippen molar-refractivity contribution in [2.24, 2.45) is 0 Å². The van der Waals surface area contributed by atoms with Crippen molar-refractivity contribution in [1.29, 1.82) is 0 Å². The van der Waals surface area contributed by atoms with Crippen LogP contribution < -0.4 is 0 Å². The summed E-state index contributed by atoms with van der Waals surface area (Å²) in [6.07, 6.45) is 0. The second-order valence-electron chi connectivity index (χ2n) is 6.74. The smallest absolute Gasteiger partial charge is 0.269 e. The van der Waals surface area contributed by atoms with E-state index < -0.39 is 4.92 Å². The Hall–Kier alpha value is -2.53. The van der Waals surface area contributed by atoms with Gasteiger partial charge in [0.1, 0.15) is 0 Å². The standard InChI is InChI=1S/C19H22N2O3/c1-19(2,3)20(13-15-7-5-4-6-8-15)14-18(22)16-9-11-17(12-10-16)21(23)24/h4-12H,13-14H2,1-3H3. The fraction of sp³-hybridized carbons (Fsp3) is 0.316. The number of carbonyl (C=O) groups is 1. The van der Waals surface area contributed by atoms with Crippen LogP contribution >= 0.6 is 0 Å². The maximum atomic E-state index is 12.6. The number of nitro benzene ring substituents is 1. The molecule has 126 valence electrons. The Morgan fingerprint density at radius 1 is 1.04 bits per heavy atom. The molecule has 2 aromatic rings. The molecule has 0 N–H and O–H groups in total. The summed E-state index contributed by atoms with van der Waals surface area (Å²) in [6, 6.07) is 15.8. The summed E-state index contributed by atoms with van der Waals surface area (Å²) < 4.78 is 0. The van der Waals surface area contributed by atoms with E-state index in [1.54, 1.807) is 0 Å². The lowest BCUT2D eigenvalue weighted by Gasteiger charge is -2.35. The van der Waals surface area contributed by atoms with E-state index in [1.165, 1.54) is 24.3 Å². The molecule has 5 nitrogen and oxygen atoms in total. The fourth-order valence-corrected chi connectivity index (χ4v) is 2.37. The summed E-state index contributed by atoms with van der Waals surface area (Å²) in [4.78, 5) is 24.9. The first-order valence-electron chi connectivity index (χ1n) is 7.84. The molecule has 0 aliphatic rings. The van der Waals surface area contributed by atoms with Crippen LogP contribution in [0.2, 0.25) is 0 Å². The Kier molecular flexibility index (Phi) is 5.46. The van der Waals surface area contributed by atoms with E-state index >= 15 is 0 Å². The molecule has 0 aliphatic heterocycles. The molecular formula is C19H22N2O3. The van der Waals surface area contributed by atoms with Gasteiger partial charge in [0.25, 0.3) is 5.69 Å². The molecule has 0 radical (unpaired) electrons. The van der Waals surface area contributed by atoms with Crippen LogP contribution in [0, 0.1) is 10.1 Å². The van der Waals surface area contributed by atoms with Gasteiger partial charge in [-0.05, 0) is 38.5 Å². The minimum atomic E-state index is -0.467. The van der Waals surface area contributed by atoms with E-state index in [4.69, 9.17) is 0 Å². The van der Waals surface area contributed by atoms with Gasteiger partial charge in [-0.3, -0.25) is 19.8 Å². The van der Waals surface area contributed by atoms with Crippen LogP contribution in [0.15, 0.2) is 54.6 Å². The molecule has 0 saturated carbocycles. The molecule has 0 unspecified atom stereocenters. The molecular weight excluding hydrogens is 304 g/mol. The van der Waals surface area contributed by atoms with E-state index in [9.17, 15) is 14.9 Å². The summed E-state index contributed by atoms with van der Waals surface area (Å²) in [5.41, 5.74) is 1.45. The third kappa shape index (κ3) is 4.73. The molecule has 0 aromatic heterocycles. The largest absolute Gasteiger partial charge is 0.293 e. The lowest BCUT2D eigenvalue weighted by atomic mass is 10.0. The number of benzene rings is 2. The zero-order valence-electron chi connectivity index (χ0n) is 14.2. The summed E-state index contributed by atoms with van der Waals surface area (Å²) >= 11 is 0. The number of rotatable bonds is 6. The van der Waals surface area contributed by atoms with Crippen LogP contribution in [0.1, 0.15) is 36.7 Å². The Bertz CT molecular complexity index is 704. The van der Waals surface area contributed by atoms with Crippen LogP contribution in [0.5, 0.6) is 0 Å². The number of hydrogen-bond acceptors (Lipinski definition) is 4. The van der Waals surface area contributed by atoms with Crippen LogP contribution in [0.3, 0.4) is 0 Å². The van der Waals surface area contributed by atoms with Crippen LogP contribution in [0.4, 0.5) is 5.69 Å². The molecule has 0 amide bonds. The molecule has 0 aliphatic carbocycles. The summed E-state index contributed by atoms with van der Waals surface area (Å²) in [7, 11) is 0. The van der Waals surface area contributed by atoms with Gasteiger partial charge in [-0.15, -0.1) is 0 Å². The van der Waals surface area contributed by atoms with E-state index in [2.05, 4.69) is 25.7 Å². The number of nitro groups is 1.